The number of fused-ring (bicyclic) bond motifs is 1. The number of phenolic OH excluding ortho intramolecular Hbond substituents is 2. The summed E-state index contributed by atoms with van der Waals surface area (Å²) in [5.41, 5.74) is 0.695. The molecule has 0 spiro atoms. The van der Waals surface area contributed by atoms with Crippen molar-refractivity contribution in [2.24, 2.45) is 0 Å². The van der Waals surface area contributed by atoms with E-state index in [-0.39, 0.29) is 47.2 Å². The molecule has 4 N–H and O–H groups in total. The predicted molar refractivity (Wildman–Crippen MR) is 109 cm³/mol. The second kappa shape index (κ2) is 7.27. The van der Waals surface area contributed by atoms with Crippen molar-refractivity contribution in [1.29, 1.82) is 0 Å². The number of hydrogen-bond acceptors (Lipinski definition) is 7. The molecule has 0 aliphatic carbocycles. The van der Waals surface area contributed by atoms with E-state index in [2.05, 4.69) is 0 Å². The van der Waals surface area contributed by atoms with Crippen molar-refractivity contribution < 1.29 is 29.6 Å². The summed E-state index contributed by atoms with van der Waals surface area (Å²) in [5.74, 6) is -1.62. The summed E-state index contributed by atoms with van der Waals surface area (Å²) in [5, 5.41) is 39.0. The van der Waals surface area contributed by atoms with Gasteiger partial charge < -0.3 is 29.7 Å². The fraction of sp³-hybridized carbons (Fsp3) is 0.238. The molecule has 4 rings (SSSR count). The van der Waals surface area contributed by atoms with Crippen LogP contribution in [0.5, 0.6) is 17.2 Å². The Labute approximate surface area is 170 Å². The highest BCUT2D eigenvalue weighted by Crippen LogP contribution is 2.38. The van der Waals surface area contributed by atoms with Crippen LogP contribution in [-0.2, 0) is 0 Å². The van der Waals surface area contributed by atoms with Crippen LogP contribution in [0, 0.1) is 6.92 Å². The molecule has 1 aromatic heterocycles. The number of carbonyl (C=O) groups excluding carboxylic acids is 1. The fourth-order valence-electron chi connectivity index (χ4n) is 3.61. The Morgan fingerprint density at radius 1 is 1.03 bits per heavy atom. The average Bonchev–Trinajstić information content (AvgIpc) is 3.07. The van der Waals surface area contributed by atoms with Gasteiger partial charge in [-0.2, -0.15) is 0 Å². The lowest BCUT2D eigenvalue weighted by atomic mass is 10.1. The molecule has 1 saturated heterocycles. The van der Waals surface area contributed by atoms with Gasteiger partial charge >= 0.3 is 6.03 Å². The molecule has 1 fully saturated rings. The third kappa shape index (κ3) is 3.09. The van der Waals surface area contributed by atoms with Crippen LogP contribution in [0.4, 0.5) is 10.5 Å². The molecule has 0 saturated carbocycles. The molecule has 3 aromatic rings. The highest BCUT2D eigenvalue weighted by Gasteiger charge is 2.32. The lowest BCUT2D eigenvalue weighted by Crippen LogP contribution is -2.33. The van der Waals surface area contributed by atoms with Crippen LogP contribution in [0.25, 0.3) is 22.3 Å². The smallest absolute Gasteiger partial charge is 0.324 e. The van der Waals surface area contributed by atoms with Gasteiger partial charge in [-0.15, -0.1) is 0 Å². The normalized spacial score (nSPS) is 14.1. The second-order valence-corrected chi connectivity index (χ2v) is 7.12. The van der Waals surface area contributed by atoms with E-state index in [1.807, 2.05) is 0 Å². The number of urea groups is 1. The van der Waals surface area contributed by atoms with E-state index in [0.29, 0.717) is 24.3 Å². The van der Waals surface area contributed by atoms with E-state index in [1.165, 1.54) is 21.9 Å². The summed E-state index contributed by atoms with van der Waals surface area (Å²) < 4.78 is 5.89. The van der Waals surface area contributed by atoms with Crippen LogP contribution in [-0.4, -0.2) is 57.6 Å². The first-order chi connectivity index (χ1) is 14.3. The quantitative estimate of drug-likeness (QED) is 0.482. The summed E-state index contributed by atoms with van der Waals surface area (Å²) in [4.78, 5) is 28.6. The standard InChI is InChI=1S/C21H20N2O7/c1-11-8-13-17(27)18(28)19(12-2-3-15(25)16(26)10-12)30-20(13)14(9-11)23-5-4-22(6-7-24)21(23)29/h2-3,8-10,24-26,28H,4-7H2,1H3. The summed E-state index contributed by atoms with van der Waals surface area (Å²) in [6.45, 7) is 2.55. The largest absolute Gasteiger partial charge is 0.504 e. The van der Waals surface area contributed by atoms with E-state index in [9.17, 15) is 24.9 Å². The van der Waals surface area contributed by atoms with E-state index in [4.69, 9.17) is 9.52 Å². The molecule has 9 heteroatoms. The summed E-state index contributed by atoms with van der Waals surface area (Å²) in [6.07, 6.45) is 0. The molecule has 9 nitrogen and oxygen atoms in total. The Balaban J connectivity index is 1.94. The first-order valence-corrected chi connectivity index (χ1v) is 9.32. The zero-order valence-electron chi connectivity index (χ0n) is 16.1. The molecule has 2 amide bonds. The lowest BCUT2D eigenvalue weighted by molar-refractivity contribution is 0.199. The van der Waals surface area contributed by atoms with Gasteiger partial charge in [0, 0.05) is 25.2 Å². The van der Waals surface area contributed by atoms with Crippen molar-refractivity contribution in [1.82, 2.24) is 4.90 Å². The Hall–Kier alpha value is -3.72. The van der Waals surface area contributed by atoms with Crippen molar-refractivity contribution in [2.75, 3.05) is 31.1 Å². The fourth-order valence-corrected chi connectivity index (χ4v) is 3.61. The van der Waals surface area contributed by atoms with Gasteiger partial charge in [0.05, 0.1) is 17.7 Å². The second-order valence-electron chi connectivity index (χ2n) is 7.12. The van der Waals surface area contributed by atoms with Gasteiger partial charge in [0.15, 0.2) is 22.8 Å². The van der Waals surface area contributed by atoms with Crippen molar-refractivity contribution in [2.45, 2.75) is 6.92 Å². The first-order valence-electron chi connectivity index (χ1n) is 9.32. The minimum absolute atomic E-state index is 0.114. The monoisotopic (exact) mass is 412 g/mol. The molecular weight excluding hydrogens is 392 g/mol. The van der Waals surface area contributed by atoms with Crippen LogP contribution >= 0.6 is 0 Å². The molecule has 156 valence electrons. The van der Waals surface area contributed by atoms with Crippen molar-refractivity contribution in [3.63, 3.8) is 0 Å². The van der Waals surface area contributed by atoms with Crippen LogP contribution in [0.3, 0.4) is 0 Å². The van der Waals surface area contributed by atoms with Crippen molar-refractivity contribution in [3.8, 4) is 28.6 Å². The molecule has 1 aliphatic heterocycles. The van der Waals surface area contributed by atoms with Gasteiger partial charge in [0.2, 0.25) is 11.2 Å². The maximum Gasteiger partial charge on any atom is 0.324 e. The van der Waals surface area contributed by atoms with Gasteiger partial charge in [-0.3, -0.25) is 9.69 Å². The molecule has 0 radical (unpaired) electrons. The van der Waals surface area contributed by atoms with Crippen molar-refractivity contribution in [3.05, 3.63) is 46.1 Å². The molecule has 2 aromatic carbocycles. The third-order valence-corrected chi connectivity index (χ3v) is 5.09. The topological polar surface area (TPSA) is 135 Å². The number of aromatic hydroxyl groups is 3. The molecule has 30 heavy (non-hydrogen) atoms. The number of aliphatic hydroxyl groups excluding tert-OH is 1. The zero-order chi connectivity index (χ0) is 21.6. The number of β-amino-alcohol motifs (C(OH)–C–C–N with tert-alkyl or cyclic N) is 1. The van der Waals surface area contributed by atoms with Gasteiger partial charge in [0.25, 0.3) is 0 Å². The maximum atomic E-state index is 12.9. The number of hydrogen-bond donors (Lipinski definition) is 4. The number of aliphatic hydroxyl groups is 1. The first kappa shape index (κ1) is 19.6. The number of benzene rings is 2. The molecule has 0 bridgehead atoms. The van der Waals surface area contributed by atoms with Crippen LogP contribution in [0.1, 0.15) is 5.56 Å². The van der Waals surface area contributed by atoms with Gasteiger partial charge in [-0.1, -0.05) is 0 Å². The van der Waals surface area contributed by atoms with E-state index < -0.39 is 16.9 Å². The van der Waals surface area contributed by atoms with Crippen LogP contribution < -0.4 is 10.3 Å². The summed E-state index contributed by atoms with van der Waals surface area (Å²) in [6, 6.07) is 6.71. The number of amides is 2. The highest BCUT2D eigenvalue weighted by molar-refractivity contribution is 6.03. The summed E-state index contributed by atoms with van der Waals surface area (Å²) >= 11 is 0. The molecule has 2 heterocycles. The molecular formula is C21H20N2O7. The SMILES string of the molecule is Cc1cc(N2CCN(CCO)C2=O)c2oc(-c3ccc(O)c(O)c3)c(O)c(=O)c2c1. The Morgan fingerprint density at radius 2 is 1.80 bits per heavy atom. The third-order valence-electron chi connectivity index (χ3n) is 5.09. The number of aryl methyl sites for hydroxylation is 1. The number of anilines is 1. The molecule has 1 aliphatic rings. The minimum atomic E-state index is -0.678. The van der Waals surface area contributed by atoms with Crippen LogP contribution in [0.15, 0.2) is 39.5 Å². The maximum absolute atomic E-state index is 12.9. The van der Waals surface area contributed by atoms with Crippen LogP contribution in [0.2, 0.25) is 0 Å². The number of phenols is 2. The van der Waals surface area contributed by atoms with Gasteiger partial charge in [0.1, 0.15) is 0 Å². The average molecular weight is 412 g/mol. The molecule has 0 unspecified atom stereocenters. The van der Waals surface area contributed by atoms with Crippen molar-refractivity contribution >= 4 is 22.7 Å². The zero-order valence-corrected chi connectivity index (χ0v) is 16.1. The predicted octanol–water partition coefficient (Wildman–Crippen LogP) is 2.12. The van der Waals surface area contributed by atoms with Gasteiger partial charge in [-0.25, -0.2) is 4.79 Å². The summed E-state index contributed by atoms with van der Waals surface area (Å²) in [7, 11) is 0. The Bertz CT molecular complexity index is 1220. The molecule has 0 atom stereocenters. The number of carbonyl (C=O) groups is 1. The minimum Gasteiger partial charge on any atom is -0.504 e. The van der Waals surface area contributed by atoms with E-state index in [1.54, 1.807) is 19.1 Å². The Kier molecular flexibility index (Phi) is 4.75. The number of nitrogens with zero attached hydrogens (tertiary/aromatic N) is 2. The van der Waals surface area contributed by atoms with Gasteiger partial charge in [-0.05, 0) is 42.8 Å². The van der Waals surface area contributed by atoms with E-state index in [0.717, 1.165) is 6.07 Å². The number of rotatable bonds is 4. The lowest BCUT2D eigenvalue weighted by Gasteiger charge is -2.20. The Morgan fingerprint density at radius 3 is 2.50 bits per heavy atom. The highest BCUT2D eigenvalue weighted by atomic mass is 16.4. The van der Waals surface area contributed by atoms with E-state index >= 15 is 0 Å².